The maximum absolute atomic E-state index is 6.19. The molecule has 0 amide bonds. The van der Waals surface area contributed by atoms with Crippen LogP contribution >= 0.6 is 11.6 Å². The molecular weight excluding hydrogens is 320 g/mol. The van der Waals surface area contributed by atoms with Gasteiger partial charge in [-0.15, -0.1) is 0 Å². The number of anilines is 3. The van der Waals surface area contributed by atoms with Crippen molar-refractivity contribution in [3.63, 3.8) is 0 Å². The van der Waals surface area contributed by atoms with Crippen molar-refractivity contribution in [3.05, 3.63) is 76.6 Å². The molecule has 0 aliphatic heterocycles. The minimum Gasteiger partial charge on any atom is -0.366 e. The van der Waals surface area contributed by atoms with Crippen LogP contribution in [-0.4, -0.2) is 9.97 Å². The molecule has 3 aromatic rings. The van der Waals surface area contributed by atoms with Gasteiger partial charge in [0.25, 0.3) is 0 Å². The number of aryl methyl sites for hydroxylation is 2. The third-order valence-electron chi connectivity index (χ3n) is 3.66. The Morgan fingerprint density at radius 1 is 0.917 bits per heavy atom. The van der Waals surface area contributed by atoms with Gasteiger partial charge in [0.05, 0.1) is 0 Å². The fraction of sp³-hybridized carbons (Fsp3) is 0.158. The minimum atomic E-state index is 0.611. The molecule has 0 spiro atoms. The maximum Gasteiger partial charge on any atom is 0.136 e. The summed E-state index contributed by atoms with van der Waals surface area (Å²) in [5, 5.41) is 7.40. The number of halogens is 1. The van der Waals surface area contributed by atoms with Crippen LogP contribution in [0.4, 0.5) is 17.3 Å². The predicted octanol–water partition coefficient (Wildman–Crippen LogP) is 5.10. The molecule has 5 heteroatoms. The molecule has 0 unspecified atom stereocenters. The maximum atomic E-state index is 6.19. The van der Waals surface area contributed by atoms with Crippen molar-refractivity contribution in [2.24, 2.45) is 0 Å². The number of benzene rings is 2. The van der Waals surface area contributed by atoms with Crippen LogP contribution in [0.2, 0.25) is 5.02 Å². The summed E-state index contributed by atoms with van der Waals surface area (Å²) in [6, 6.07) is 17.8. The number of nitrogens with one attached hydrogen (secondary N) is 2. The summed E-state index contributed by atoms with van der Waals surface area (Å²) < 4.78 is 0. The highest BCUT2D eigenvalue weighted by Gasteiger charge is 2.05. The van der Waals surface area contributed by atoms with Crippen LogP contribution in [0.25, 0.3) is 0 Å². The second-order valence-corrected chi connectivity index (χ2v) is 5.98. The standard InChI is InChI=1S/C19H19ClN4/c1-13-7-3-6-10-17(13)24-19-11-18(22-14(2)23-19)21-12-15-8-4-5-9-16(15)20/h3-11H,12H2,1-2H3,(H2,21,22,23,24). The van der Waals surface area contributed by atoms with Gasteiger partial charge in [-0.1, -0.05) is 48.0 Å². The Labute approximate surface area is 146 Å². The zero-order valence-corrected chi connectivity index (χ0v) is 14.4. The molecular formula is C19H19ClN4. The molecule has 0 saturated heterocycles. The largest absolute Gasteiger partial charge is 0.366 e. The van der Waals surface area contributed by atoms with Gasteiger partial charge in [-0.05, 0) is 37.1 Å². The third kappa shape index (κ3) is 4.03. The van der Waals surface area contributed by atoms with E-state index in [-0.39, 0.29) is 0 Å². The van der Waals surface area contributed by atoms with E-state index in [1.54, 1.807) is 0 Å². The molecule has 3 rings (SSSR count). The molecule has 4 nitrogen and oxygen atoms in total. The lowest BCUT2D eigenvalue weighted by Gasteiger charge is -2.12. The summed E-state index contributed by atoms with van der Waals surface area (Å²) in [6.07, 6.45) is 0. The molecule has 0 saturated carbocycles. The van der Waals surface area contributed by atoms with E-state index in [2.05, 4.69) is 33.6 Å². The normalized spacial score (nSPS) is 10.5. The first kappa shape index (κ1) is 16.3. The number of rotatable bonds is 5. The summed E-state index contributed by atoms with van der Waals surface area (Å²) >= 11 is 6.19. The van der Waals surface area contributed by atoms with Crippen LogP contribution in [0.5, 0.6) is 0 Å². The predicted molar refractivity (Wildman–Crippen MR) is 100 cm³/mol. The Morgan fingerprint density at radius 3 is 2.42 bits per heavy atom. The second-order valence-electron chi connectivity index (χ2n) is 5.57. The van der Waals surface area contributed by atoms with E-state index in [4.69, 9.17) is 11.6 Å². The monoisotopic (exact) mass is 338 g/mol. The first-order valence-electron chi connectivity index (χ1n) is 7.77. The van der Waals surface area contributed by atoms with Crippen molar-refractivity contribution in [1.29, 1.82) is 0 Å². The number of hydrogen-bond acceptors (Lipinski definition) is 4. The van der Waals surface area contributed by atoms with Crippen LogP contribution in [0, 0.1) is 13.8 Å². The van der Waals surface area contributed by atoms with Crippen LogP contribution in [0.15, 0.2) is 54.6 Å². The SMILES string of the molecule is Cc1nc(NCc2ccccc2Cl)cc(Nc2ccccc2C)n1. The molecule has 24 heavy (non-hydrogen) atoms. The van der Waals surface area contributed by atoms with E-state index in [1.165, 1.54) is 5.56 Å². The molecule has 1 aromatic heterocycles. The quantitative estimate of drug-likeness (QED) is 0.679. The topological polar surface area (TPSA) is 49.8 Å². The highest BCUT2D eigenvalue weighted by atomic mass is 35.5. The summed E-state index contributed by atoms with van der Waals surface area (Å²) in [7, 11) is 0. The fourth-order valence-electron chi connectivity index (χ4n) is 2.40. The second kappa shape index (κ2) is 7.32. The Bertz CT molecular complexity index is 848. The Kier molecular flexibility index (Phi) is 4.96. The van der Waals surface area contributed by atoms with Gasteiger partial charge in [0.2, 0.25) is 0 Å². The van der Waals surface area contributed by atoms with E-state index in [0.717, 1.165) is 27.9 Å². The fourth-order valence-corrected chi connectivity index (χ4v) is 2.60. The molecule has 2 aromatic carbocycles. The first-order chi connectivity index (χ1) is 11.6. The third-order valence-corrected chi connectivity index (χ3v) is 4.03. The molecule has 0 bridgehead atoms. The molecule has 0 radical (unpaired) electrons. The first-order valence-corrected chi connectivity index (χ1v) is 8.15. The molecule has 0 atom stereocenters. The average molecular weight is 339 g/mol. The molecule has 1 heterocycles. The highest BCUT2D eigenvalue weighted by molar-refractivity contribution is 6.31. The van der Waals surface area contributed by atoms with Crippen LogP contribution in [0.3, 0.4) is 0 Å². The van der Waals surface area contributed by atoms with Gasteiger partial charge >= 0.3 is 0 Å². The van der Waals surface area contributed by atoms with Gasteiger partial charge in [-0.3, -0.25) is 0 Å². The Balaban J connectivity index is 1.77. The van der Waals surface area contributed by atoms with E-state index in [0.29, 0.717) is 12.4 Å². The van der Waals surface area contributed by atoms with Gasteiger partial charge < -0.3 is 10.6 Å². The van der Waals surface area contributed by atoms with Crippen molar-refractivity contribution in [1.82, 2.24) is 9.97 Å². The van der Waals surface area contributed by atoms with Crippen molar-refractivity contribution < 1.29 is 0 Å². The van der Waals surface area contributed by atoms with E-state index < -0.39 is 0 Å². The zero-order valence-electron chi connectivity index (χ0n) is 13.7. The summed E-state index contributed by atoms with van der Waals surface area (Å²) in [5.74, 6) is 2.23. The van der Waals surface area contributed by atoms with Gasteiger partial charge in [-0.2, -0.15) is 0 Å². The molecule has 0 fully saturated rings. The Hall–Kier alpha value is -2.59. The van der Waals surface area contributed by atoms with Gasteiger partial charge in [0.1, 0.15) is 17.5 Å². The lowest BCUT2D eigenvalue weighted by Crippen LogP contribution is -2.05. The molecule has 122 valence electrons. The van der Waals surface area contributed by atoms with Crippen LogP contribution in [0.1, 0.15) is 17.0 Å². The van der Waals surface area contributed by atoms with E-state index in [9.17, 15) is 0 Å². The van der Waals surface area contributed by atoms with Crippen molar-refractivity contribution in [2.45, 2.75) is 20.4 Å². The molecule has 0 aliphatic rings. The smallest absolute Gasteiger partial charge is 0.136 e. The summed E-state index contributed by atoms with van der Waals surface area (Å²) in [5.41, 5.74) is 3.23. The number of hydrogen-bond donors (Lipinski definition) is 2. The van der Waals surface area contributed by atoms with Gasteiger partial charge in [0, 0.05) is 23.3 Å². The van der Waals surface area contributed by atoms with Crippen LogP contribution in [-0.2, 0) is 6.54 Å². The van der Waals surface area contributed by atoms with Gasteiger partial charge in [0.15, 0.2) is 0 Å². The van der Waals surface area contributed by atoms with Crippen molar-refractivity contribution in [3.8, 4) is 0 Å². The van der Waals surface area contributed by atoms with Gasteiger partial charge in [-0.25, -0.2) is 9.97 Å². The lowest BCUT2D eigenvalue weighted by atomic mass is 10.2. The van der Waals surface area contributed by atoms with E-state index in [1.807, 2.05) is 55.5 Å². The summed E-state index contributed by atoms with van der Waals surface area (Å²) in [6.45, 7) is 4.55. The minimum absolute atomic E-state index is 0.611. The van der Waals surface area contributed by atoms with Crippen LogP contribution < -0.4 is 10.6 Å². The Morgan fingerprint density at radius 2 is 1.62 bits per heavy atom. The molecule has 2 N–H and O–H groups in total. The number of aromatic nitrogens is 2. The zero-order chi connectivity index (χ0) is 16.9. The summed E-state index contributed by atoms with van der Waals surface area (Å²) in [4.78, 5) is 8.89. The number of nitrogens with zero attached hydrogens (tertiary/aromatic N) is 2. The average Bonchev–Trinajstić information content (AvgIpc) is 2.56. The lowest BCUT2D eigenvalue weighted by molar-refractivity contribution is 1.02. The van der Waals surface area contributed by atoms with Crippen molar-refractivity contribution >= 4 is 28.9 Å². The van der Waals surface area contributed by atoms with E-state index >= 15 is 0 Å². The van der Waals surface area contributed by atoms with Crippen molar-refractivity contribution in [2.75, 3.05) is 10.6 Å². The highest BCUT2D eigenvalue weighted by Crippen LogP contribution is 2.21. The molecule has 0 aliphatic carbocycles. The number of para-hydroxylation sites is 1.